The molecule has 0 N–H and O–H groups in total. The first-order valence-corrected chi connectivity index (χ1v) is 9.42. The van der Waals surface area contributed by atoms with Gasteiger partial charge in [-0.2, -0.15) is 0 Å². The fraction of sp³-hybridized carbons (Fsp3) is 0.348. The predicted molar refractivity (Wildman–Crippen MR) is 104 cm³/mol. The van der Waals surface area contributed by atoms with E-state index in [1.165, 1.54) is 22.3 Å². The topological polar surface area (TPSA) is 38.8 Å². The van der Waals surface area contributed by atoms with Gasteiger partial charge in [-0.15, -0.1) is 6.42 Å². The van der Waals surface area contributed by atoms with Crippen molar-refractivity contribution < 1.29 is 14.3 Å². The fourth-order valence-electron chi connectivity index (χ4n) is 4.18. The van der Waals surface area contributed by atoms with Crippen LogP contribution >= 0.6 is 0 Å². The summed E-state index contributed by atoms with van der Waals surface area (Å²) in [4.78, 5) is 14.5. The Morgan fingerprint density at radius 3 is 2.41 bits per heavy atom. The first-order chi connectivity index (χ1) is 13.3. The number of carbonyl (C=O) groups is 1. The first kappa shape index (κ1) is 17.6. The highest BCUT2D eigenvalue weighted by Crippen LogP contribution is 2.44. The van der Waals surface area contributed by atoms with E-state index < -0.39 is 0 Å². The highest BCUT2D eigenvalue weighted by molar-refractivity contribution is 5.79. The van der Waals surface area contributed by atoms with Crippen LogP contribution < -0.4 is 0 Å². The Bertz CT molecular complexity index is 824. The van der Waals surface area contributed by atoms with E-state index in [1.54, 1.807) is 4.90 Å². The summed E-state index contributed by atoms with van der Waals surface area (Å²) in [6.45, 7) is 1.80. The minimum atomic E-state index is -0.260. The molecule has 4 nitrogen and oxygen atoms in total. The summed E-state index contributed by atoms with van der Waals surface area (Å²) in [6.07, 6.45) is 6.85. The third-order valence-electron chi connectivity index (χ3n) is 5.44. The van der Waals surface area contributed by atoms with Crippen molar-refractivity contribution >= 4 is 6.09 Å². The van der Waals surface area contributed by atoms with Gasteiger partial charge in [0.15, 0.2) is 0 Å². The summed E-state index contributed by atoms with van der Waals surface area (Å²) < 4.78 is 11.2. The molecule has 0 spiro atoms. The highest BCUT2D eigenvalue weighted by atomic mass is 16.6. The van der Waals surface area contributed by atoms with Gasteiger partial charge in [0.1, 0.15) is 13.2 Å². The molecule has 0 bridgehead atoms. The zero-order chi connectivity index (χ0) is 18.6. The molecule has 4 heteroatoms. The SMILES string of the molecule is C#CCOC[C@H]1CCCN1C(=O)OCC1c2ccccc2-c2ccccc21. The van der Waals surface area contributed by atoms with Gasteiger partial charge in [0, 0.05) is 12.5 Å². The van der Waals surface area contributed by atoms with Gasteiger partial charge in [-0.05, 0) is 35.1 Å². The first-order valence-electron chi connectivity index (χ1n) is 9.42. The molecule has 1 saturated heterocycles. The van der Waals surface area contributed by atoms with Crippen molar-refractivity contribution in [3.63, 3.8) is 0 Å². The zero-order valence-electron chi connectivity index (χ0n) is 15.3. The molecule has 1 atom stereocenters. The zero-order valence-corrected chi connectivity index (χ0v) is 15.3. The van der Waals surface area contributed by atoms with Gasteiger partial charge in [0.25, 0.3) is 0 Å². The molecule has 0 unspecified atom stereocenters. The van der Waals surface area contributed by atoms with E-state index in [0.29, 0.717) is 19.8 Å². The van der Waals surface area contributed by atoms with Gasteiger partial charge in [-0.1, -0.05) is 54.5 Å². The monoisotopic (exact) mass is 361 g/mol. The summed E-state index contributed by atoms with van der Waals surface area (Å²) in [6, 6.07) is 16.8. The number of benzene rings is 2. The van der Waals surface area contributed by atoms with Crippen LogP contribution in [-0.4, -0.2) is 43.4 Å². The number of amides is 1. The van der Waals surface area contributed by atoms with Crippen molar-refractivity contribution in [2.45, 2.75) is 24.8 Å². The average Bonchev–Trinajstić information content (AvgIpc) is 3.29. The number of likely N-dealkylation sites (tertiary alicyclic amines) is 1. The molecule has 1 amide bonds. The smallest absolute Gasteiger partial charge is 0.410 e. The van der Waals surface area contributed by atoms with Crippen LogP contribution in [0.4, 0.5) is 4.79 Å². The van der Waals surface area contributed by atoms with Crippen LogP contribution in [0, 0.1) is 12.3 Å². The second-order valence-electron chi connectivity index (χ2n) is 7.01. The summed E-state index contributed by atoms with van der Waals surface area (Å²) in [5, 5.41) is 0. The molecule has 138 valence electrons. The van der Waals surface area contributed by atoms with Crippen molar-refractivity contribution in [1.29, 1.82) is 0 Å². The van der Waals surface area contributed by atoms with Crippen molar-refractivity contribution in [2.75, 3.05) is 26.4 Å². The van der Waals surface area contributed by atoms with Gasteiger partial charge >= 0.3 is 6.09 Å². The molecule has 2 aromatic rings. The van der Waals surface area contributed by atoms with Crippen LogP contribution in [0.5, 0.6) is 0 Å². The van der Waals surface area contributed by atoms with E-state index in [1.807, 2.05) is 12.1 Å². The predicted octanol–water partition coefficient (Wildman–Crippen LogP) is 4.05. The van der Waals surface area contributed by atoms with Crippen LogP contribution in [0.1, 0.15) is 29.9 Å². The number of ether oxygens (including phenoxy) is 2. The third kappa shape index (κ3) is 3.43. The fourth-order valence-corrected chi connectivity index (χ4v) is 4.18. The lowest BCUT2D eigenvalue weighted by molar-refractivity contribution is 0.0662. The van der Waals surface area contributed by atoms with E-state index in [0.717, 1.165) is 12.8 Å². The third-order valence-corrected chi connectivity index (χ3v) is 5.44. The van der Waals surface area contributed by atoms with Crippen LogP contribution in [0.15, 0.2) is 48.5 Å². The van der Waals surface area contributed by atoms with Crippen LogP contribution in [0.25, 0.3) is 11.1 Å². The number of carbonyl (C=O) groups excluding carboxylic acids is 1. The van der Waals surface area contributed by atoms with Crippen molar-refractivity contribution in [2.24, 2.45) is 0 Å². The van der Waals surface area contributed by atoms with E-state index >= 15 is 0 Å². The molecule has 0 aromatic heterocycles. The molecule has 27 heavy (non-hydrogen) atoms. The second kappa shape index (κ2) is 7.85. The Labute approximate surface area is 160 Å². The molecule has 2 aromatic carbocycles. The number of rotatable bonds is 5. The molecule has 2 aliphatic rings. The van der Waals surface area contributed by atoms with E-state index in [4.69, 9.17) is 15.9 Å². The van der Waals surface area contributed by atoms with Crippen LogP contribution in [0.2, 0.25) is 0 Å². The lowest BCUT2D eigenvalue weighted by Gasteiger charge is -2.24. The quantitative estimate of drug-likeness (QED) is 0.596. The summed E-state index contributed by atoms with van der Waals surface area (Å²) in [5.74, 6) is 2.54. The van der Waals surface area contributed by atoms with Gasteiger partial charge in [-0.25, -0.2) is 4.79 Å². The molecule has 1 fully saturated rings. The molecule has 0 radical (unpaired) electrons. The Kier molecular flexibility index (Phi) is 5.13. The van der Waals surface area contributed by atoms with Crippen molar-refractivity contribution in [3.05, 3.63) is 59.7 Å². The largest absolute Gasteiger partial charge is 0.448 e. The second-order valence-corrected chi connectivity index (χ2v) is 7.01. The molecular formula is C23H23NO3. The Morgan fingerprint density at radius 2 is 1.74 bits per heavy atom. The molecule has 1 heterocycles. The van der Waals surface area contributed by atoms with Crippen LogP contribution in [-0.2, 0) is 9.47 Å². The van der Waals surface area contributed by atoms with E-state index in [9.17, 15) is 4.79 Å². The van der Waals surface area contributed by atoms with Crippen molar-refractivity contribution in [3.8, 4) is 23.5 Å². The Morgan fingerprint density at radius 1 is 1.07 bits per heavy atom. The maximum atomic E-state index is 12.7. The lowest BCUT2D eigenvalue weighted by Crippen LogP contribution is -2.39. The summed E-state index contributed by atoms with van der Waals surface area (Å²) >= 11 is 0. The maximum Gasteiger partial charge on any atom is 0.410 e. The minimum absolute atomic E-state index is 0.0500. The maximum absolute atomic E-state index is 12.7. The lowest BCUT2D eigenvalue weighted by atomic mass is 9.98. The van der Waals surface area contributed by atoms with Gasteiger partial charge in [-0.3, -0.25) is 0 Å². The number of hydrogen-bond donors (Lipinski definition) is 0. The Hall–Kier alpha value is -2.77. The minimum Gasteiger partial charge on any atom is -0.448 e. The van der Waals surface area contributed by atoms with Gasteiger partial charge in [0.2, 0.25) is 0 Å². The standard InChI is InChI=1S/C23H23NO3/c1-2-14-26-15-17-8-7-13-24(17)23(25)27-16-22-20-11-5-3-9-18(20)19-10-4-6-12-21(19)22/h1,3-6,9-12,17,22H,7-8,13-16H2/t17-/m1/s1. The summed E-state index contributed by atoms with van der Waals surface area (Å²) in [5.41, 5.74) is 4.91. The molecule has 0 saturated carbocycles. The average molecular weight is 361 g/mol. The number of fused-ring (bicyclic) bond motifs is 3. The molecular weight excluding hydrogens is 338 g/mol. The number of terminal acetylenes is 1. The van der Waals surface area contributed by atoms with E-state index in [-0.39, 0.29) is 24.7 Å². The molecule has 1 aliphatic carbocycles. The molecule has 1 aliphatic heterocycles. The van der Waals surface area contributed by atoms with Crippen LogP contribution in [0.3, 0.4) is 0 Å². The summed E-state index contributed by atoms with van der Waals surface area (Å²) in [7, 11) is 0. The highest BCUT2D eigenvalue weighted by Gasteiger charge is 2.33. The number of hydrogen-bond acceptors (Lipinski definition) is 3. The Balaban J connectivity index is 1.44. The van der Waals surface area contributed by atoms with Gasteiger partial charge < -0.3 is 14.4 Å². The molecule has 4 rings (SSSR count). The van der Waals surface area contributed by atoms with E-state index in [2.05, 4.69) is 42.3 Å². The van der Waals surface area contributed by atoms with Crippen molar-refractivity contribution in [1.82, 2.24) is 4.90 Å². The number of nitrogens with zero attached hydrogens (tertiary/aromatic N) is 1. The van der Waals surface area contributed by atoms with Gasteiger partial charge in [0.05, 0.1) is 12.6 Å². The normalized spacial score (nSPS) is 18.0.